The van der Waals surface area contributed by atoms with Crippen molar-refractivity contribution in [1.29, 1.82) is 0 Å². The molecule has 0 spiro atoms. The first-order chi connectivity index (χ1) is 15.0. The lowest BCUT2D eigenvalue weighted by atomic mass is 9.94. The van der Waals surface area contributed by atoms with Gasteiger partial charge in [0.2, 0.25) is 5.91 Å². The summed E-state index contributed by atoms with van der Waals surface area (Å²) in [6.45, 7) is 5.37. The Balaban J connectivity index is 1.41. The van der Waals surface area contributed by atoms with Crippen molar-refractivity contribution >= 4 is 23.3 Å². The van der Waals surface area contributed by atoms with Crippen molar-refractivity contribution in [2.45, 2.75) is 44.6 Å². The summed E-state index contributed by atoms with van der Waals surface area (Å²) in [7, 11) is 0. The Bertz CT molecular complexity index is 915. The van der Waals surface area contributed by atoms with Crippen LogP contribution in [0.4, 0.5) is 5.69 Å². The van der Waals surface area contributed by atoms with Gasteiger partial charge >= 0.3 is 0 Å². The van der Waals surface area contributed by atoms with Crippen LogP contribution in [-0.4, -0.2) is 59.2 Å². The number of hydrogen-bond donors (Lipinski definition) is 1. The number of benzene rings is 1. The summed E-state index contributed by atoms with van der Waals surface area (Å²) in [5, 5.41) is 2.94. The van der Waals surface area contributed by atoms with E-state index >= 15 is 0 Å². The Labute approximate surface area is 183 Å². The van der Waals surface area contributed by atoms with Crippen molar-refractivity contribution in [3.8, 4) is 5.75 Å². The van der Waals surface area contributed by atoms with Gasteiger partial charge in [-0.15, -0.1) is 0 Å². The predicted molar refractivity (Wildman–Crippen MR) is 121 cm³/mol. The fourth-order valence-corrected chi connectivity index (χ4v) is 4.14. The number of carbonyl (C=O) groups is 2. The third kappa shape index (κ3) is 5.05. The van der Waals surface area contributed by atoms with Crippen LogP contribution in [0.25, 0.3) is 0 Å². The minimum Gasteiger partial charge on any atom is -0.490 e. The molecule has 3 aliphatic heterocycles. The minimum atomic E-state index is -1.17. The molecule has 1 aromatic carbocycles. The molecule has 0 aromatic heterocycles. The highest BCUT2D eigenvalue weighted by molar-refractivity contribution is 6.13. The number of fused-ring (bicyclic) bond motifs is 1. The maximum atomic E-state index is 13.1. The van der Waals surface area contributed by atoms with E-state index in [1.54, 1.807) is 31.4 Å². The van der Waals surface area contributed by atoms with E-state index in [-0.39, 0.29) is 18.2 Å². The van der Waals surface area contributed by atoms with E-state index in [1.165, 1.54) is 30.6 Å². The van der Waals surface area contributed by atoms with Gasteiger partial charge in [-0.1, -0.05) is 31.1 Å². The lowest BCUT2D eigenvalue weighted by Crippen LogP contribution is -2.50. The standard InChI is InChI=1S/C24H30N4O3/c1-24(18-22(29)28-15-9-6-12-21(28)26-24)23(30)25-19-10-4-5-11-20(19)31-17-16-27-13-7-2-3-8-14-27/h4-6,9-12,15H,2-3,7-8,13-14,16-18H2,1H3,(H,25,30)/t24-/m1/s1. The van der Waals surface area contributed by atoms with Crippen LogP contribution in [0.5, 0.6) is 5.75 Å². The third-order valence-electron chi connectivity index (χ3n) is 5.95. The topological polar surface area (TPSA) is 74.2 Å². The van der Waals surface area contributed by atoms with Crippen molar-refractivity contribution in [2.75, 3.05) is 31.6 Å². The molecule has 3 heterocycles. The quantitative estimate of drug-likeness (QED) is 0.763. The van der Waals surface area contributed by atoms with Gasteiger partial charge in [-0.25, -0.2) is 0 Å². The SMILES string of the molecule is C[C@]1(C(=O)Nc2ccccc2OCCN2CCCCCC2)CC(=O)N2C=CC=CC2=N1. The molecule has 4 rings (SSSR count). The first kappa shape index (κ1) is 21.3. The number of nitrogens with zero attached hydrogens (tertiary/aromatic N) is 3. The number of anilines is 1. The molecule has 1 fully saturated rings. The number of ether oxygens (including phenoxy) is 1. The number of carbonyl (C=O) groups excluding carboxylic acids is 2. The molecule has 31 heavy (non-hydrogen) atoms. The van der Waals surface area contributed by atoms with Gasteiger partial charge in [0, 0.05) is 12.7 Å². The summed E-state index contributed by atoms with van der Waals surface area (Å²) < 4.78 is 6.02. The monoisotopic (exact) mass is 422 g/mol. The zero-order chi connectivity index (χ0) is 21.7. The molecule has 1 N–H and O–H groups in total. The fourth-order valence-electron chi connectivity index (χ4n) is 4.14. The first-order valence-corrected chi connectivity index (χ1v) is 11.1. The van der Waals surface area contributed by atoms with E-state index in [9.17, 15) is 9.59 Å². The van der Waals surface area contributed by atoms with Crippen LogP contribution in [0, 0.1) is 0 Å². The van der Waals surface area contributed by atoms with Crippen LogP contribution < -0.4 is 10.1 Å². The summed E-state index contributed by atoms with van der Waals surface area (Å²) in [6.07, 6.45) is 12.1. The largest absolute Gasteiger partial charge is 0.490 e. The molecule has 2 amide bonds. The van der Waals surface area contributed by atoms with Crippen LogP contribution in [0.3, 0.4) is 0 Å². The number of aliphatic imine (C=N–C) groups is 1. The van der Waals surface area contributed by atoms with E-state index in [0.717, 1.165) is 19.6 Å². The number of likely N-dealkylation sites (tertiary alicyclic amines) is 1. The second kappa shape index (κ2) is 9.47. The van der Waals surface area contributed by atoms with Gasteiger partial charge < -0.3 is 10.1 Å². The number of hydrogen-bond acceptors (Lipinski definition) is 5. The highest BCUT2D eigenvalue weighted by Crippen LogP contribution is 2.29. The number of amidine groups is 1. The van der Waals surface area contributed by atoms with Gasteiger partial charge in [0.25, 0.3) is 5.91 Å². The Morgan fingerprint density at radius 3 is 2.74 bits per heavy atom. The second-order valence-electron chi connectivity index (χ2n) is 8.44. The molecule has 7 heteroatoms. The van der Waals surface area contributed by atoms with E-state index in [4.69, 9.17) is 4.74 Å². The van der Waals surface area contributed by atoms with Gasteiger partial charge in [-0.3, -0.25) is 24.4 Å². The van der Waals surface area contributed by atoms with Crippen LogP contribution in [0.15, 0.2) is 53.7 Å². The predicted octanol–water partition coefficient (Wildman–Crippen LogP) is 3.35. The Hall–Kier alpha value is -2.93. The van der Waals surface area contributed by atoms with Gasteiger partial charge in [0.15, 0.2) is 0 Å². The van der Waals surface area contributed by atoms with E-state index in [0.29, 0.717) is 23.9 Å². The maximum absolute atomic E-state index is 13.1. The number of nitrogens with one attached hydrogen (secondary N) is 1. The van der Waals surface area contributed by atoms with Crippen molar-refractivity contribution in [3.05, 3.63) is 48.7 Å². The van der Waals surface area contributed by atoms with E-state index < -0.39 is 5.54 Å². The van der Waals surface area contributed by atoms with Crippen molar-refractivity contribution in [1.82, 2.24) is 9.80 Å². The van der Waals surface area contributed by atoms with Crippen molar-refractivity contribution in [2.24, 2.45) is 4.99 Å². The van der Waals surface area contributed by atoms with Crippen LogP contribution in [0.2, 0.25) is 0 Å². The molecule has 7 nitrogen and oxygen atoms in total. The summed E-state index contributed by atoms with van der Waals surface area (Å²) >= 11 is 0. The summed E-state index contributed by atoms with van der Waals surface area (Å²) in [4.78, 5) is 34.2. The van der Waals surface area contributed by atoms with Crippen molar-refractivity contribution < 1.29 is 14.3 Å². The zero-order valence-electron chi connectivity index (χ0n) is 18.0. The lowest BCUT2D eigenvalue weighted by molar-refractivity contribution is -0.132. The normalized spacial score (nSPS) is 23.7. The molecule has 0 radical (unpaired) electrons. The molecular weight excluding hydrogens is 392 g/mol. The third-order valence-corrected chi connectivity index (χ3v) is 5.95. The average molecular weight is 423 g/mol. The Kier molecular flexibility index (Phi) is 6.51. The van der Waals surface area contributed by atoms with E-state index in [1.807, 2.05) is 24.3 Å². The molecule has 1 saturated heterocycles. The molecule has 0 saturated carbocycles. The van der Waals surface area contributed by atoms with Gasteiger partial charge in [-0.2, -0.15) is 0 Å². The van der Waals surface area contributed by atoms with Crippen LogP contribution in [0.1, 0.15) is 39.0 Å². The number of amides is 2. The summed E-state index contributed by atoms with van der Waals surface area (Å²) in [5.74, 6) is 0.648. The minimum absolute atomic E-state index is 0.0124. The highest BCUT2D eigenvalue weighted by Gasteiger charge is 2.42. The molecular formula is C24H30N4O3. The molecule has 164 valence electrons. The molecule has 1 aromatic rings. The number of allylic oxidation sites excluding steroid dienone is 2. The van der Waals surface area contributed by atoms with Gasteiger partial charge in [0.05, 0.1) is 12.1 Å². The molecule has 0 bridgehead atoms. The van der Waals surface area contributed by atoms with E-state index in [2.05, 4.69) is 15.2 Å². The van der Waals surface area contributed by atoms with Crippen LogP contribution in [-0.2, 0) is 9.59 Å². The molecule has 0 unspecified atom stereocenters. The maximum Gasteiger partial charge on any atom is 0.252 e. The lowest BCUT2D eigenvalue weighted by Gasteiger charge is -2.34. The molecule has 3 aliphatic rings. The molecule has 0 aliphatic carbocycles. The smallest absolute Gasteiger partial charge is 0.252 e. The van der Waals surface area contributed by atoms with Gasteiger partial charge in [0.1, 0.15) is 23.7 Å². The number of para-hydroxylation sites is 2. The summed E-state index contributed by atoms with van der Waals surface area (Å²) in [6, 6.07) is 7.42. The summed E-state index contributed by atoms with van der Waals surface area (Å²) in [5.41, 5.74) is -0.573. The van der Waals surface area contributed by atoms with Gasteiger partial charge in [-0.05, 0) is 57.1 Å². The average Bonchev–Trinajstić information content (AvgIpc) is 3.04. The first-order valence-electron chi connectivity index (χ1n) is 11.1. The second-order valence-corrected chi connectivity index (χ2v) is 8.44. The number of rotatable bonds is 6. The van der Waals surface area contributed by atoms with Crippen molar-refractivity contribution in [3.63, 3.8) is 0 Å². The highest BCUT2D eigenvalue weighted by atomic mass is 16.5. The van der Waals surface area contributed by atoms with Crippen LogP contribution >= 0.6 is 0 Å². The Morgan fingerprint density at radius 1 is 1.16 bits per heavy atom. The molecule has 1 atom stereocenters. The Morgan fingerprint density at radius 2 is 1.94 bits per heavy atom. The fraction of sp³-hybridized carbons (Fsp3) is 0.458. The zero-order valence-corrected chi connectivity index (χ0v) is 18.0.